The van der Waals surface area contributed by atoms with Gasteiger partial charge in [-0.05, 0) is 20.8 Å². The van der Waals surface area contributed by atoms with Crippen LogP contribution in [0, 0.1) is 0 Å². The van der Waals surface area contributed by atoms with Crippen molar-refractivity contribution in [3.05, 3.63) is 35.6 Å². The van der Waals surface area contributed by atoms with E-state index in [1.165, 1.54) is 10.6 Å². The van der Waals surface area contributed by atoms with Gasteiger partial charge >= 0.3 is 0 Å². The molecule has 2 heterocycles. The molecule has 1 aromatic heterocycles. The molecule has 4 nitrogen and oxygen atoms in total. The highest BCUT2D eigenvalue weighted by atomic mass is 32.1. The highest BCUT2D eigenvalue weighted by molar-refractivity contribution is 7.15. The molecule has 20 heavy (non-hydrogen) atoms. The van der Waals surface area contributed by atoms with Crippen molar-refractivity contribution in [1.82, 2.24) is 14.8 Å². The third-order valence-corrected chi connectivity index (χ3v) is 4.44. The number of nitrogens with zero attached hydrogens (tertiary/aromatic N) is 3. The van der Waals surface area contributed by atoms with Gasteiger partial charge in [0.15, 0.2) is 5.13 Å². The zero-order valence-electron chi connectivity index (χ0n) is 12.6. The smallest absolute Gasteiger partial charge is 0.187 e. The maximum Gasteiger partial charge on any atom is 0.187 e. The third-order valence-electron chi connectivity index (χ3n) is 3.54. The molecule has 1 saturated heterocycles. The molecule has 1 aromatic rings. The summed E-state index contributed by atoms with van der Waals surface area (Å²) < 4.78 is 0. The number of rotatable bonds is 5. The van der Waals surface area contributed by atoms with E-state index in [1.54, 1.807) is 11.3 Å². The molecule has 1 atom stereocenters. The van der Waals surface area contributed by atoms with E-state index in [1.807, 2.05) is 13.1 Å². The zero-order chi connectivity index (χ0) is 14.7. The van der Waals surface area contributed by atoms with E-state index in [2.05, 4.69) is 47.1 Å². The zero-order valence-corrected chi connectivity index (χ0v) is 13.5. The summed E-state index contributed by atoms with van der Waals surface area (Å²) in [5, 5.41) is 4.10. The SMILES string of the molecule is C=C(C)Nc1ncc(CN2CCN(C(=C)C)CC2C)s1. The van der Waals surface area contributed by atoms with E-state index in [9.17, 15) is 0 Å². The predicted molar refractivity (Wildman–Crippen MR) is 86.8 cm³/mol. The van der Waals surface area contributed by atoms with E-state index in [4.69, 9.17) is 0 Å². The normalized spacial score (nSPS) is 19.9. The van der Waals surface area contributed by atoms with Crippen molar-refractivity contribution in [3.8, 4) is 0 Å². The second-order valence-corrected chi connectivity index (χ2v) is 6.65. The van der Waals surface area contributed by atoms with Crippen molar-refractivity contribution < 1.29 is 0 Å². The summed E-state index contributed by atoms with van der Waals surface area (Å²) in [6.07, 6.45) is 1.97. The van der Waals surface area contributed by atoms with Gasteiger partial charge in [-0.15, -0.1) is 11.3 Å². The lowest BCUT2D eigenvalue weighted by atomic mass is 10.2. The van der Waals surface area contributed by atoms with Gasteiger partial charge in [-0.2, -0.15) is 0 Å². The second kappa shape index (κ2) is 6.41. The van der Waals surface area contributed by atoms with Crippen LogP contribution in [0.4, 0.5) is 5.13 Å². The van der Waals surface area contributed by atoms with Gasteiger partial charge in [0.05, 0.1) is 0 Å². The number of hydrogen-bond acceptors (Lipinski definition) is 5. The lowest BCUT2D eigenvalue weighted by molar-refractivity contribution is 0.0991. The van der Waals surface area contributed by atoms with Crippen molar-refractivity contribution in [2.24, 2.45) is 0 Å². The van der Waals surface area contributed by atoms with Crippen LogP contribution < -0.4 is 5.32 Å². The fourth-order valence-electron chi connectivity index (χ4n) is 2.40. The van der Waals surface area contributed by atoms with Crippen LogP contribution in [0.25, 0.3) is 0 Å². The van der Waals surface area contributed by atoms with Gasteiger partial charge in [0.2, 0.25) is 0 Å². The molecule has 1 aliphatic rings. The van der Waals surface area contributed by atoms with Gasteiger partial charge in [0.25, 0.3) is 0 Å². The Kier molecular flexibility index (Phi) is 4.83. The van der Waals surface area contributed by atoms with Gasteiger partial charge in [0, 0.05) is 54.7 Å². The molecule has 0 saturated carbocycles. The summed E-state index contributed by atoms with van der Waals surface area (Å²) >= 11 is 1.71. The molecule has 0 aromatic carbocycles. The summed E-state index contributed by atoms with van der Waals surface area (Å²) in [6, 6.07) is 0.542. The molecule has 1 aliphatic heterocycles. The van der Waals surface area contributed by atoms with Gasteiger partial charge in [-0.25, -0.2) is 4.98 Å². The van der Waals surface area contributed by atoms with Crippen molar-refractivity contribution in [3.63, 3.8) is 0 Å². The summed E-state index contributed by atoms with van der Waals surface area (Å²) in [5.41, 5.74) is 2.09. The average Bonchev–Trinajstić information content (AvgIpc) is 2.78. The molecule has 0 aliphatic carbocycles. The minimum atomic E-state index is 0.542. The molecule has 5 heteroatoms. The minimum absolute atomic E-state index is 0.542. The predicted octanol–water partition coefficient (Wildman–Crippen LogP) is 3.13. The number of piperazine rings is 1. The largest absolute Gasteiger partial charge is 0.373 e. The Balaban J connectivity index is 1.92. The van der Waals surface area contributed by atoms with Crippen LogP contribution in [0.1, 0.15) is 25.6 Å². The van der Waals surface area contributed by atoms with Crippen molar-refractivity contribution in [1.29, 1.82) is 0 Å². The van der Waals surface area contributed by atoms with Crippen LogP contribution in [0.2, 0.25) is 0 Å². The highest BCUT2D eigenvalue weighted by Gasteiger charge is 2.23. The maximum absolute atomic E-state index is 4.39. The lowest BCUT2D eigenvalue weighted by Crippen LogP contribution is -2.50. The number of allylic oxidation sites excluding steroid dienone is 2. The molecule has 110 valence electrons. The molecule has 1 unspecified atom stereocenters. The first-order chi connectivity index (χ1) is 9.45. The van der Waals surface area contributed by atoms with E-state index < -0.39 is 0 Å². The minimum Gasteiger partial charge on any atom is -0.373 e. The van der Waals surface area contributed by atoms with Crippen molar-refractivity contribution in [2.75, 3.05) is 25.0 Å². The first-order valence-corrected chi connectivity index (χ1v) is 7.79. The molecule has 0 spiro atoms. The number of nitrogens with one attached hydrogen (secondary N) is 1. The highest BCUT2D eigenvalue weighted by Crippen LogP contribution is 2.23. The summed E-state index contributed by atoms with van der Waals surface area (Å²) in [5.74, 6) is 0. The average molecular weight is 292 g/mol. The number of hydrogen-bond donors (Lipinski definition) is 1. The Hall–Kier alpha value is -1.33. The molecule has 0 radical (unpaired) electrons. The Morgan fingerprint density at radius 2 is 2.20 bits per heavy atom. The van der Waals surface area contributed by atoms with Crippen LogP contribution in [0.3, 0.4) is 0 Å². The molecule has 0 amide bonds. The first kappa shape index (κ1) is 15.1. The van der Waals surface area contributed by atoms with Gasteiger partial charge in [0.1, 0.15) is 0 Å². The maximum atomic E-state index is 4.39. The van der Waals surface area contributed by atoms with Crippen molar-refractivity contribution in [2.45, 2.75) is 33.4 Å². The Bertz CT molecular complexity index is 494. The molecule has 1 fully saturated rings. The van der Waals surface area contributed by atoms with E-state index in [0.717, 1.165) is 37.0 Å². The van der Waals surface area contributed by atoms with Crippen LogP contribution in [-0.4, -0.2) is 40.5 Å². The lowest BCUT2D eigenvalue weighted by Gasteiger charge is -2.40. The van der Waals surface area contributed by atoms with Crippen LogP contribution in [0.15, 0.2) is 30.7 Å². The van der Waals surface area contributed by atoms with E-state index >= 15 is 0 Å². The molecule has 2 rings (SSSR count). The van der Waals surface area contributed by atoms with E-state index in [-0.39, 0.29) is 0 Å². The number of anilines is 1. The molecular weight excluding hydrogens is 268 g/mol. The van der Waals surface area contributed by atoms with Crippen LogP contribution in [-0.2, 0) is 6.54 Å². The third kappa shape index (κ3) is 3.84. The topological polar surface area (TPSA) is 31.4 Å². The summed E-state index contributed by atoms with van der Waals surface area (Å²) in [4.78, 5) is 10.6. The molecular formula is C15H24N4S. The summed E-state index contributed by atoms with van der Waals surface area (Å²) in [7, 11) is 0. The van der Waals surface area contributed by atoms with Crippen molar-refractivity contribution >= 4 is 16.5 Å². The Morgan fingerprint density at radius 1 is 1.45 bits per heavy atom. The molecule has 1 N–H and O–H groups in total. The fourth-order valence-corrected chi connectivity index (χ4v) is 3.31. The quantitative estimate of drug-likeness (QED) is 0.903. The number of thiazole rings is 1. The Morgan fingerprint density at radius 3 is 2.80 bits per heavy atom. The first-order valence-electron chi connectivity index (χ1n) is 6.97. The fraction of sp³-hybridized carbons (Fsp3) is 0.533. The monoisotopic (exact) mass is 292 g/mol. The van der Waals surface area contributed by atoms with Gasteiger partial charge in [-0.1, -0.05) is 13.2 Å². The van der Waals surface area contributed by atoms with Gasteiger partial charge < -0.3 is 10.2 Å². The Labute approximate surface area is 125 Å². The standard InChI is InChI=1S/C15H24N4S/c1-11(2)17-15-16-8-14(20-15)10-19-7-6-18(12(3)4)9-13(19)5/h8,13H,1,3,6-7,9-10H2,2,4-5H3,(H,16,17). The molecule has 0 bridgehead atoms. The number of aromatic nitrogens is 1. The van der Waals surface area contributed by atoms with E-state index in [0.29, 0.717) is 6.04 Å². The van der Waals surface area contributed by atoms with Crippen LogP contribution >= 0.6 is 11.3 Å². The second-order valence-electron chi connectivity index (χ2n) is 5.54. The summed E-state index contributed by atoms with van der Waals surface area (Å²) in [6.45, 7) is 18.4. The van der Waals surface area contributed by atoms with Crippen LogP contribution in [0.5, 0.6) is 0 Å². The van der Waals surface area contributed by atoms with Gasteiger partial charge in [-0.3, -0.25) is 4.90 Å².